The first kappa shape index (κ1) is 23.8. The molecule has 0 saturated carbocycles. The third-order valence-corrected chi connectivity index (χ3v) is 8.20. The van der Waals surface area contributed by atoms with Crippen LogP contribution in [0.1, 0.15) is 11.1 Å². The zero-order valence-corrected chi connectivity index (χ0v) is 22.5. The van der Waals surface area contributed by atoms with Crippen molar-refractivity contribution in [2.24, 2.45) is 0 Å². The van der Waals surface area contributed by atoms with Gasteiger partial charge in [-0.25, -0.2) is 0 Å². The van der Waals surface area contributed by atoms with Crippen molar-refractivity contribution < 1.29 is 0 Å². The molecule has 8 rings (SSSR count). The van der Waals surface area contributed by atoms with Crippen LogP contribution in [0, 0.1) is 22.7 Å². The van der Waals surface area contributed by atoms with Crippen molar-refractivity contribution in [2.45, 2.75) is 0 Å². The first-order chi connectivity index (χ1) is 20.7. The molecule has 2 aromatic heterocycles. The van der Waals surface area contributed by atoms with E-state index in [1.807, 2.05) is 18.2 Å². The summed E-state index contributed by atoms with van der Waals surface area (Å²) in [7, 11) is 0. The largest absolute Gasteiger partial charge is 0.309 e. The van der Waals surface area contributed by atoms with Crippen molar-refractivity contribution >= 4 is 43.6 Å². The van der Waals surface area contributed by atoms with Crippen molar-refractivity contribution in [1.29, 1.82) is 10.5 Å². The van der Waals surface area contributed by atoms with Crippen molar-refractivity contribution in [3.63, 3.8) is 0 Å². The summed E-state index contributed by atoms with van der Waals surface area (Å²) in [5.74, 6) is 0. The van der Waals surface area contributed by atoms with E-state index in [1.165, 1.54) is 21.8 Å². The summed E-state index contributed by atoms with van der Waals surface area (Å²) in [4.78, 5) is 0. The maximum Gasteiger partial charge on any atom is 0.101 e. The third-order valence-electron chi connectivity index (χ3n) is 8.20. The summed E-state index contributed by atoms with van der Waals surface area (Å²) in [5, 5.41) is 23.8. The summed E-state index contributed by atoms with van der Waals surface area (Å²) >= 11 is 0. The second-order valence-corrected chi connectivity index (χ2v) is 10.5. The molecule has 8 aromatic rings. The summed E-state index contributed by atoms with van der Waals surface area (Å²) in [6.07, 6.45) is 0. The topological polar surface area (TPSA) is 57.4 Å². The van der Waals surface area contributed by atoms with E-state index in [0.717, 1.165) is 44.3 Å². The molecule has 4 nitrogen and oxygen atoms in total. The summed E-state index contributed by atoms with van der Waals surface area (Å²) < 4.78 is 4.52. The molecule has 0 aliphatic heterocycles. The number of hydrogen-bond acceptors (Lipinski definition) is 2. The van der Waals surface area contributed by atoms with Gasteiger partial charge in [-0.1, -0.05) is 72.8 Å². The van der Waals surface area contributed by atoms with Gasteiger partial charge in [0.05, 0.1) is 33.2 Å². The zero-order valence-electron chi connectivity index (χ0n) is 22.5. The quantitative estimate of drug-likeness (QED) is 0.227. The lowest BCUT2D eigenvalue weighted by molar-refractivity contribution is 1.17. The van der Waals surface area contributed by atoms with Gasteiger partial charge < -0.3 is 9.13 Å². The molecule has 0 spiro atoms. The van der Waals surface area contributed by atoms with Gasteiger partial charge >= 0.3 is 0 Å². The van der Waals surface area contributed by atoms with Gasteiger partial charge in [0.25, 0.3) is 0 Å². The molecule has 0 radical (unpaired) electrons. The minimum atomic E-state index is 0.375. The number of nitrogens with zero attached hydrogens (tertiary/aromatic N) is 4. The Kier molecular flexibility index (Phi) is 5.22. The van der Waals surface area contributed by atoms with Crippen LogP contribution in [-0.2, 0) is 0 Å². The third kappa shape index (κ3) is 3.47. The fourth-order valence-corrected chi connectivity index (χ4v) is 6.30. The maximum atomic E-state index is 9.66. The smallest absolute Gasteiger partial charge is 0.101 e. The number of fused-ring (bicyclic) bond motifs is 6. The monoisotopic (exact) mass is 534 g/mol. The summed E-state index contributed by atoms with van der Waals surface area (Å²) in [5.41, 5.74) is 9.49. The molecule has 0 saturated heterocycles. The van der Waals surface area contributed by atoms with E-state index in [-0.39, 0.29) is 0 Å². The molecule has 0 atom stereocenters. The van der Waals surface area contributed by atoms with E-state index < -0.39 is 0 Å². The van der Waals surface area contributed by atoms with Crippen LogP contribution in [0.2, 0.25) is 0 Å². The molecule has 0 aliphatic carbocycles. The van der Waals surface area contributed by atoms with Crippen LogP contribution < -0.4 is 0 Å². The van der Waals surface area contributed by atoms with Crippen molar-refractivity contribution in [3.8, 4) is 34.6 Å². The van der Waals surface area contributed by atoms with E-state index in [4.69, 9.17) is 0 Å². The Hall–Kier alpha value is -6.10. The summed E-state index contributed by atoms with van der Waals surface area (Å²) in [6, 6.07) is 50.5. The van der Waals surface area contributed by atoms with Crippen molar-refractivity contribution in [2.75, 3.05) is 0 Å². The normalized spacial score (nSPS) is 11.3. The van der Waals surface area contributed by atoms with Gasteiger partial charge in [-0.15, -0.1) is 0 Å². The maximum absolute atomic E-state index is 9.66. The van der Waals surface area contributed by atoms with Crippen molar-refractivity contribution in [1.82, 2.24) is 9.13 Å². The number of hydrogen-bond donors (Lipinski definition) is 0. The highest BCUT2D eigenvalue weighted by molar-refractivity contribution is 6.12. The number of aromatic nitrogens is 2. The van der Waals surface area contributed by atoms with E-state index >= 15 is 0 Å². The Morgan fingerprint density at radius 3 is 1.69 bits per heavy atom. The van der Waals surface area contributed by atoms with Crippen LogP contribution in [-0.4, -0.2) is 9.13 Å². The second-order valence-electron chi connectivity index (χ2n) is 10.5. The van der Waals surface area contributed by atoms with Crippen LogP contribution in [0.5, 0.6) is 0 Å². The first-order valence-electron chi connectivity index (χ1n) is 13.8. The van der Waals surface area contributed by atoms with Crippen LogP contribution in [0.3, 0.4) is 0 Å². The summed E-state index contributed by atoms with van der Waals surface area (Å²) in [6.45, 7) is 0. The number of para-hydroxylation sites is 3. The first-order valence-corrected chi connectivity index (χ1v) is 13.8. The van der Waals surface area contributed by atoms with Gasteiger partial charge in [0, 0.05) is 32.9 Å². The minimum Gasteiger partial charge on any atom is -0.309 e. The molecule has 6 aromatic carbocycles. The van der Waals surface area contributed by atoms with Gasteiger partial charge in [0.2, 0.25) is 0 Å². The molecule has 42 heavy (non-hydrogen) atoms. The van der Waals surface area contributed by atoms with Crippen LogP contribution in [0.25, 0.3) is 66.1 Å². The highest BCUT2D eigenvalue weighted by Crippen LogP contribution is 2.38. The van der Waals surface area contributed by atoms with Gasteiger partial charge in [-0.2, -0.15) is 10.5 Å². The van der Waals surface area contributed by atoms with Gasteiger partial charge in [-0.05, 0) is 71.8 Å². The average Bonchev–Trinajstić information content (AvgIpc) is 3.57. The fourth-order valence-electron chi connectivity index (χ4n) is 6.30. The van der Waals surface area contributed by atoms with Crippen LogP contribution in [0.4, 0.5) is 0 Å². The van der Waals surface area contributed by atoms with Gasteiger partial charge in [0.15, 0.2) is 0 Å². The van der Waals surface area contributed by atoms with Crippen LogP contribution in [0.15, 0.2) is 133 Å². The van der Waals surface area contributed by atoms with Crippen molar-refractivity contribution in [3.05, 3.63) is 145 Å². The molecular formula is C38H22N4. The second kappa shape index (κ2) is 9.24. The van der Waals surface area contributed by atoms with Gasteiger partial charge in [0.1, 0.15) is 12.1 Å². The number of rotatable bonds is 3. The number of benzene rings is 6. The molecule has 4 heteroatoms. The number of nitriles is 2. The molecule has 0 fully saturated rings. The molecule has 0 aliphatic rings. The standard InChI is InChI=1S/C38H22N4/c39-23-27-14-17-30(20-28(27)24-40)42-36-13-7-5-11-32(36)34-21-25(16-19-37(34)42)26-15-18-33-31-10-4-6-12-35(31)41(38(33)22-26)29-8-2-1-3-9-29/h1-22H. The predicted molar refractivity (Wildman–Crippen MR) is 170 cm³/mol. The molecule has 194 valence electrons. The highest BCUT2D eigenvalue weighted by Gasteiger charge is 2.16. The highest BCUT2D eigenvalue weighted by atomic mass is 15.0. The van der Waals surface area contributed by atoms with Crippen LogP contribution >= 0.6 is 0 Å². The lowest BCUT2D eigenvalue weighted by Crippen LogP contribution is -1.96. The lowest BCUT2D eigenvalue weighted by Gasteiger charge is -2.10. The average molecular weight is 535 g/mol. The lowest BCUT2D eigenvalue weighted by atomic mass is 10.0. The van der Waals surface area contributed by atoms with Gasteiger partial charge in [-0.3, -0.25) is 0 Å². The minimum absolute atomic E-state index is 0.375. The van der Waals surface area contributed by atoms with E-state index in [0.29, 0.717) is 11.1 Å². The van der Waals surface area contributed by atoms with E-state index in [1.54, 1.807) is 12.1 Å². The predicted octanol–water partition coefficient (Wildman–Crippen LogP) is 9.29. The molecule has 0 N–H and O–H groups in total. The molecule has 0 unspecified atom stereocenters. The Balaban J connectivity index is 1.36. The van der Waals surface area contributed by atoms with E-state index in [9.17, 15) is 10.5 Å². The Morgan fingerprint density at radius 2 is 0.952 bits per heavy atom. The Bertz CT molecular complexity index is 2430. The Labute approximate surface area is 242 Å². The SMILES string of the molecule is N#Cc1ccc(-n2c3ccccc3c3cc(-c4ccc5c6ccccc6n(-c6ccccc6)c5c4)ccc32)cc1C#N. The molecule has 2 heterocycles. The molecule has 0 bridgehead atoms. The Morgan fingerprint density at radius 1 is 0.381 bits per heavy atom. The molecule has 0 amide bonds. The molecular weight excluding hydrogens is 512 g/mol. The zero-order chi connectivity index (χ0) is 28.2. The fraction of sp³-hybridized carbons (Fsp3) is 0. The van der Waals surface area contributed by atoms with E-state index in [2.05, 4.69) is 124 Å².